The molecule has 0 atom stereocenters. The lowest BCUT2D eigenvalue weighted by molar-refractivity contribution is -0.123. The molecule has 0 radical (unpaired) electrons. The number of fused-ring (bicyclic) bond motifs is 1. The summed E-state index contributed by atoms with van der Waals surface area (Å²) in [5.74, 6) is 2.50. The first-order valence-electron chi connectivity index (χ1n) is 13.8. The Morgan fingerprint density at radius 2 is 1.72 bits per heavy atom. The molecule has 0 fully saturated rings. The summed E-state index contributed by atoms with van der Waals surface area (Å²) >= 11 is 0. The van der Waals surface area contributed by atoms with Crippen LogP contribution in [-0.4, -0.2) is 35.2 Å². The van der Waals surface area contributed by atoms with Gasteiger partial charge in [0, 0.05) is 19.5 Å². The number of carbonyl (C=O) groups is 1. The Bertz CT molecular complexity index is 1380. The molecular weight excluding hydrogens is 486 g/mol. The van der Waals surface area contributed by atoms with Crippen molar-refractivity contribution in [2.24, 2.45) is 0 Å². The fourth-order valence-electron chi connectivity index (χ4n) is 4.55. The number of hydrogen-bond acceptors (Lipinski definition) is 4. The highest BCUT2D eigenvalue weighted by atomic mass is 16.5. The van der Waals surface area contributed by atoms with Gasteiger partial charge in [-0.25, -0.2) is 4.98 Å². The molecule has 1 amide bonds. The number of ether oxygens (including phenoxy) is 2. The fraction of sp³-hybridized carbons (Fsp3) is 0.394. The van der Waals surface area contributed by atoms with Crippen molar-refractivity contribution in [2.45, 2.75) is 65.8 Å². The van der Waals surface area contributed by atoms with Crippen LogP contribution in [0.2, 0.25) is 0 Å². The number of rotatable bonds is 12. The zero-order valence-electron chi connectivity index (χ0n) is 23.9. The number of amides is 1. The van der Waals surface area contributed by atoms with Gasteiger partial charge in [-0.05, 0) is 79.1 Å². The molecule has 4 rings (SSSR count). The average molecular weight is 528 g/mol. The Balaban J connectivity index is 1.26. The van der Waals surface area contributed by atoms with E-state index in [9.17, 15) is 4.79 Å². The van der Waals surface area contributed by atoms with E-state index in [1.807, 2.05) is 50.2 Å². The summed E-state index contributed by atoms with van der Waals surface area (Å²) in [6.45, 7) is 12.7. The van der Waals surface area contributed by atoms with E-state index < -0.39 is 0 Å². The second-order valence-corrected chi connectivity index (χ2v) is 11.2. The third-order valence-corrected chi connectivity index (χ3v) is 6.87. The highest BCUT2D eigenvalue weighted by Crippen LogP contribution is 2.24. The number of aryl methyl sites for hydroxylation is 3. The van der Waals surface area contributed by atoms with Crippen LogP contribution >= 0.6 is 0 Å². The SMILES string of the molecule is Cc1ccc(C)c(OCC(=O)NCCc2nc3ccccc3n2CCCCOc2ccc(C(C)(C)C)cc2)c1. The molecule has 6 nitrogen and oxygen atoms in total. The van der Waals surface area contributed by atoms with E-state index in [-0.39, 0.29) is 17.9 Å². The number of unbranched alkanes of at least 4 members (excludes halogenated alkanes) is 1. The summed E-state index contributed by atoms with van der Waals surface area (Å²) < 4.78 is 14.0. The highest BCUT2D eigenvalue weighted by Gasteiger charge is 2.14. The molecule has 0 aliphatic carbocycles. The molecule has 4 aromatic rings. The van der Waals surface area contributed by atoms with E-state index >= 15 is 0 Å². The monoisotopic (exact) mass is 527 g/mol. The second kappa shape index (κ2) is 12.8. The van der Waals surface area contributed by atoms with Crippen LogP contribution in [0, 0.1) is 13.8 Å². The van der Waals surface area contributed by atoms with Crippen molar-refractivity contribution in [1.29, 1.82) is 0 Å². The number of carbonyl (C=O) groups excluding carboxylic acids is 1. The first-order chi connectivity index (χ1) is 18.7. The van der Waals surface area contributed by atoms with Crippen molar-refractivity contribution in [3.8, 4) is 11.5 Å². The molecule has 0 aliphatic rings. The standard InChI is InChI=1S/C33H41N3O3/c1-24-12-13-25(2)30(22-24)39-23-32(37)34-19-18-31-35-28-10-6-7-11-29(28)36(31)20-8-9-21-38-27-16-14-26(15-17-27)33(3,4)5/h6-7,10-17,22H,8-9,18-21,23H2,1-5H3,(H,34,37). The maximum atomic E-state index is 12.4. The zero-order valence-corrected chi connectivity index (χ0v) is 23.9. The summed E-state index contributed by atoms with van der Waals surface area (Å²) in [6.07, 6.45) is 2.57. The normalized spacial score (nSPS) is 11.5. The summed E-state index contributed by atoms with van der Waals surface area (Å²) in [4.78, 5) is 17.3. The van der Waals surface area contributed by atoms with Gasteiger partial charge in [0.15, 0.2) is 6.61 Å². The predicted octanol–water partition coefficient (Wildman–Crippen LogP) is 6.55. The third kappa shape index (κ3) is 7.85. The molecule has 6 heteroatoms. The molecule has 206 valence electrons. The van der Waals surface area contributed by atoms with Crippen molar-refractivity contribution in [3.63, 3.8) is 0 Å². The number of para-hydroxylation sites is 2. The van der Waals surface area contributed by atoms with Crippen molar-refractivity contribution in [2.75, 3.05) is 19.8 Å². The van der Waals surface area contributed by atoms with Crippen molar-refractivity contribution in [1.82, 2.24) is 14.9 Å². The third-order valence-electron chi connectivity index (χ3n) is 6.87. The molecule has 0 saturated heterocycles. The van der Waals surface area contributed by atoms with Gasteiger partial charge in [0.05, 0.1) is 17.6 Å². The van der Waals surface area contributed by atoms with Crippen LogP contribution in [0.25, 0.3) is 11.0 Å². The summed E-state index contributed by atoms with van der Waals surface area (Å²) in [5, 5.41) is 2.98. The number of aromatic nitrogens is 2. The van der Waals surface area contributed by atoms with Crippen molar-refractivity contribution < 1.29 is 14.3 Å². The Hall–Kier alpha value is -3.80. The molecule has 0 spiro atoms. The molecule has 0 unspecified atom stereocenters. The minimum absolute atomic E-state index is 0.000356. The van der Waals surface area contributed by atoms with Gasteiger partial charge in [-0.1, -0.05) is 57.2 Å². The van der Waals surface area contributed by atoms with E-state index in [0.29, 0.717) is 19.6 Å². The molecule has 39 heavy (non-hydrogen) atoms. The minimum Gasteiger partial charge on any atom is -0.494 e. The smallest absolute Gasteiger partial charge is 0.257 e. The molecule has 1 N–H and O–H groups in total. The van der Waals surface area contributed by atoms with Gasteiger partial charge in [0.2, 0.25) is 0 Å². The van der Waals surface area contributed by atoms with E-state index in [2.05, 4.69) is 61.0 Å². The fourth-order valence-corrected chi connectivity index (χ4v) is 4.55. The van der Waals surface area contributed by atoms with Crippen LogP contribution in [0.4, 0.5) is 0 Å². The van der Waals surface area contributed by atoms with Crippen LogP contribution in [-0.2, 0) is 23.2 Å². The lowest BCUT2D eigenvalue weighted by Crippen LogP contribution is -2.31. The van der Waals surface area contributed by atoms with Gasteiger partial charge >= 0.3 is 0 Å². The summed E-state index contributed by atoms with van der Waals surface area (Å²) in [6, 6.07) is 22.6. The van der Waals surface area contributed by atoms with Gasteiger partial charge < -0.3 is 19.4 Å². The molecule has 0 bridgehead atoms. The van der Waals surface area contributed by atoms with E-state index in [1.165, 1.54) is 5.56 Å². The number of benzene rings is 3. The van der Waals surface area contributed by atoms with Gasteiger partial charge in [0.25, 0.3) is 5.91 Å². The first-order valence-corrected chi connectivity index (χ1v) is 13.8. The Kier molecular flexibility index (Phi) is 9.28. The largest absolute Gasteiger partial charge is 0.494 e. The van der Waals surface area contributed by atoms with Gasteiger partial charge in [-0.15, -0.1) is 0 Å². The Labute approximate surface area is 232 Å². The van der Waals surface area contributed by atoms with E-state index in [0.717, 1.165) is 58.9 Å². The Morgan fingerprint density at radius 1 is 0.949 bits per heavy atom. The van der Waals surface area contributed by atoms with E-state index in [4.69, 9.17) is 14.5 Å². The molecule has 1 aromatic heterocycles. The number of nitrogens with one attached hydrogen (secondary N) is 1. The van der Waals surface area contributed by atoms with Gasteiger partial charge in [-0.3, -0.25) is 4.79 Å². The Morgan fingerprint density at radius 3 is 2.49 bits per heavy atom. The molecule has 0 saturated carbocycles. The van der Waals surface area contributed by atoms with Crippen molar-refractivity contribution >= 4 is 16.9 Å². The lowest BCUT2D eigenvalue weighted by Gasteiger charge is -2.19. The second-order valence-electron chi connectivity index (χ2n) is 11.2. The predicted molar refractivity (Wildman–Crippen MR) is 158 cm³/mol. The molecule has 1 heterocycles. The highest BCUT2D eigenvalue weighted by molar-refractivity contribution is 5.78. The topological polar surface area (TPSA) is 65.4 Å². The van der Waals surface area contributed by atoms with Crippen LogP contribution in [0.15, 0.2) is 66.7 Å². The van der Waals surface area contributed by atoms with Crippen LogP contribution < -0.4 is 14.8 Å². The summed E-state index contributed by atoms with van der Waals surface area (Å²) in [5.41, 5.74) is 5.67. The van der Waals surface area contributed by atoms with Crippen LogP contribution in [0.3, 0.4) is 0 Å². The molecule has 0 aliphatic heterocycles. The zero-order chi connectivity index (χ0) is 27.8. The van der Waals surface area contributed by atoms with Crippen LogP contribution in [0.5, 0.6) is 11.5 Å². The number of hydrogen-bond donors (Lipinski definition) is 1. The van der Waals surface area contributed by atoms with Gasteiger partial charge in [0.1, 0.15) is 17.3 Å². The quantitative estimate of drug-likeness (QED) is 0.212. The maximum Gasteiger partial charge on any atom is 0.257 e. The molecule has 3 aromatic carbocycles. The first kappa shape index (κ1) is 28.2. The number of imidazole rings is 1. The minimum atomic E-state index is -0.133. The number of nitrogens with zero attached hydrogens (tertiary/aromatic N) is 2. The van der Waals surface area contributed by atoms with Crippen LogP contribution in [0.1, 0.15) is 56.1 Å². The maximum absolute atomic E-state index is 12.4. The van der Waals surface area contributed by atoms with Gasteiger partial charge in [-0.2, -0.15) is 0 Å². The average Bonchev–Trinajstić information content (AvgIpc) is 3.26. The lowest BCUT2D eigenvalue weighted by atomic mass is 9.87. The van der Waals surface area contributed by atoms with E-state index in [1.54, 1.807) is 0 Å². The molecular formula is C33H41N3O3. The van der Waals surface area contributed by atoms with Crippen molar-refractivity contribution in [3.05, 3.63) is 89.2 Å². The summed E-state index contributed by atoms with van der Waals surface area (Å²) in [7, 11) is 0.